The molecule has 3 atom stereocenters. The molecule has 0 radical (unpaired) electrons. The lowest BCUT2D eigenvalue weighted by molar-refractivity contribution is -0.393. The third-order valence-corrected chi connectivity index (χ3v) is 6.90. The maximum Gasteiger partial charge on any atom is 0.336 e. The Bertz CT molecular complexity index is 783. The summed E-state index contributed by atoms with van der Waals surface area (Å²) in [5.41, 5.74) is -0.00170. The second-order valence-electron chi connectivity index (χ2n) is 8.54. The Labute approximate surface area is 198 Å². The Balaban J connectivity index is 0.00000272. The first-order chi connectivity index (χ1) is 14.9. The van der Waals surface area contributed by atoms with E-state index in [2.05, 4.69) is 20.4 Å². The van der Waals surface area contributed by atoms with Gasteiger partial charge in [-0.25, -0.2) is 14.5 Å². The van der Waals surface area contributed by atoms with Crippen LogP contribution in [0.15, 0.2) is 36.9 Å². The number of carbonyl (C=O) groups excluding carboxylic acids is 1. The summed E-state index contributed by atoms with van der Waals surface area (Å²) in [6, 6.07) is 6.17. The number of ether oxygens (including phenoxy) is 2. The highest BCUT2D eigenvalue weighted by molar-refractivity contribution is 5.89. The number of carboxylic acid groups (broad SMARTS) is 1. The van der Waals surface area contributed by atoms with E-state index in [0.717, 1.165) is 43.6 Å². The number of esters is 1. The van der Waals surface area contributed by atoms with E-state index in [4.69, 9.17) is 19.2 Å². The summed E-state index contributed by atoms with van der Waals surface area (Å²) in [5.74, 6) is -0.224. The molecule has 1 aliphatic carbocycles. The zero-order valence-electron chi connectivity index (χ0n) is 18.2. The van der Waals surface area contributed by atoms with Crippen molar-refractivity contribution in [2.75, 3.05) is 13.2 Å². The Morgan fingerprint density at radius 1 is 1.27 bits per heavy atom. The van der Waals surface area contributed by atoms with E-state index >= 15 is 0 Å². The Morgan fingerprint density at radius 2 is 1.94 bits per heavy atom. The maximum absolute atomic E-state index is 11.8. The normalized spacial score (nSPS) is 25.5. The molecule has 3 rings (SSSR count). The largest absolute Gasteiger partial charge is 0.478 e. The van der Waals surface area contributed by atoms with Crippen molar-refractivity contribution in [3.05, 3.63) is 48.0 Å². The molecule has 33 heavy (non-hydrogen) atoms. The number of carboxylic acids is 1. The summed E-state index contributed by atoms with van der Waals surface area (Å²) in [7, 11) is 0. The molecule has 0 amide bonds. The molecule has 7 heteroatoms. The van der Waals surface area contributed by atoms with E-state index < -0.39 is 18.2 Å². The van der Waals surface area contributed by atoms with Gasteiger partial charge in [0.1, 0.15) is 0 Å². The molecule has 0 bridgehead atoms. The molecule has 2 aliphatic rings. The van der Waals surface area contributed by atoms with Gasteiger partial charge in [-0.3, -0.25) is 0 Å². The van der Waals surface area contributed by atoms with Crippen molar-refractivity contribution in [3.63, 3.8) is 0 Å². The predicted octanol–water partition coefficient (Wildman–Crippen LogP) is 5.95. The summed E-state index contributed by atoms with van der Waals surface area (Å²) in [5, 5.41) is 9.44. The second-order valence-corrected chi connectivity index (χ2v) is 8.54. The maximum atomic E-state index is 11.8. The molecule has 186 valence electrons. The Kier molecular flexibility index (Phi) is 11.2. The first-order valence-corrected chi connectivity index (χ1v) is 11.0. The molecule has 0 aromatic heterocycles. The minimum absolute atomic E-state index is 0. The van der Waals surface area contributed by atoms with Crippen LogP contribution in [0.2, 0.25) is 0 Å². The van der Waals surface area contributed by atoms with Crippen LogP contribution < -0.4 is 0 Å². The highest BCUT2D eigenvalue weighted by Crippen LogP contribution is 2.48. The summed E-state index contributed by atoms with van der Waals surface area (Å²) in [6.07, 6.45) is 5.19. The van der Waals surface area contributed by atoms with Crippen LogP contribution in [0.5, 0.6) is 0 Å². The van der Waals surface area contributed by atoms with E-state index in [1.54, 1.807) is 12.1 Å². The molecule has 1 heterocycles. The van der Waals surface area contributed by atoms with Gasteiger partial charge in [0, 0.05) is 17.6 Å². The van der Waals surface area contributed by atoms with Gasteiger partial charge in [-0.15, -0.1) is 0 Å². The number of benzene rings is 1. The highest BCUT2D eigenvalue weighted by atomic mass is 17.2. The lowest BCUT2D eigenvalue weighted by Crippen LogP contribution is -2.57. The second kappa shape index (κ2) is 12.9. The van der Waals surface area contributed by atoms with Gasteiger partial charge in [0.05, 0.1) is 24.4 Å². The molecule has 1 N–H and O–H groups in total. The average molecular weight is 465 g/mol. The van der Waals surface area contributed by atoms with E-state index in [1.807, 2.05) is 0 Å². The smallest absolute Gasteiger partial charge is 0.336 e. The number of carbonyl (C=O) groups is 2. The molecular formula is C26H40O7. The molecule has 1 saturated carbocycles. The van der Waals surface area contributed by atoms with Crippen LogP contribution in [0, 0.1) is 17.8 Å². The Hall–Kier alpha value is -2.22. The highest BCUT2D eigenvalue weighted by Gasteiger charge is 2.50. The summed E-state index contributed by atoms with van der Waals surface area (Å²) in [4.78, 5) is 34.2. The molecular weight excluding hydrogens is 424 g/mol. The van der Waals surface area contributed by atoms with Gasteiger partial charge >= 0.3 is 11.9 Å². The van der Waals surface area contributed by atoms with Gasteiger partial charge in [-0.2, -0.15) is 4.89 Å². The van der Waals surface area contributed by atoms with Gasteiger partial charge in [-0.1, -0.05) is 59.9 Å². The minimum Gasteiger partial charge on any atom is -0.478 e. The number of aromatic carboxylic acids is 1. The van der Waals surface area contributed by atoms with Crippen LogP contribution >= 0.6 is 0 Å². The monoisotopic (exact) mass is 464 g/mol. The van der Waals surface area contributed by atoms with Crippen molar-refractivity contribution in [3.8, 4) is 0 Å². The van der Waals surface area contributed by atoms with Crippen molar-refractivity contribution in [2.45, 2.75) is 72.7 Å². The fraction of sp³-hybridized carbons (Fsp3) is 0.615. The fourth-order valence-electron chi connectivity index (χ4n) is 4.59. The number of hydrogen-bond donors (Lipinski definition) is 1. The Morgan fingerprint density at radius 3 is 2.48 bits per heavy atom. The average Bonchev–Trinajstić information content (AvgIpc) is 2.79. The van der Waals surface area contributed by atoms with Crippen molar-refractivity contribution in [2.24, 2.45) is 17.8 Å². The molecule has 3 unspecified atom stereocenters. The zero-order chi connectivity index (χ0) is 22.4. The van der Waals surface area contributed by atoms with Crippen LogP contribution in [0.3, 0.4) is 0 Å². The van der Waals surface area contributed by atoms with Crippen molar-refractivity contribution < 1.29 is 33.9 Å². The van der Waals surface area contributed by atoms with Crippen LogP contribution in [-0.4, -0.2) is 35.9 Å². The summed E-state index contributed by atoms with van der Waals surface area (Å²) >= 11 is 0. The van der Waals surface area contributed by atoms with Crippen LogP contribution in [-0.2, 0) is 24.0 Å². The summed E-state index contributed by atoms with van der Waals surface area (Å²) in [6.45, 7) is 8.81. The summed E-state index contributed by atoms with van der Waals surface area (Å²) < 4.78 is 11.2. The molecule has 7 nitrogen and oxygen atoms in total. The lowest BCUT2D eigenvalue weighted by atomic mass is 9.67. The van der Waals surface area contributed by atoms with E-state index in [9.17, 15) is 14.7 Å². The van der Waals surface area contributed by atoms with E-state index in [0.29, 0.717) is 6.61 Å². The number of hydrogen-bond acceptors (Lipinski definition) is 6. The topological polar surface area (TPSA) is 91.3 Å². The quantitative estimate of drug-likeness (QED) is 0.150. The van der Waals surface area contributed by atoms with Crippen molar-refractivity contribution >= 4 is 11.9 Å². The zero-order valence-corrected chi connectivity index (χ0v) is 18.2. The van der Waals surface area contributed by atoms with Gasteiger partial charge in [0.15, 0.2) is 0 Å². The predicted molar refractivity (Wildman–Crippen MR) is 127 cm³/mol. The minimum atomic E-state index is -1.31. The van der Waals surface area contributed by atoms with Crippen LogP contribution in [0.1, 0.15) is 83.0 Å². The molecule has 1 aliphatic heterocycles. The third-order valence-electron chi connectivity index (χ3n) is 6.90. The molecule has 1 aromatic carbocycles. The van der Waals surface area contributed by atoms with E-state index in [1.165, 1.54) is 18.6 Å². The van der Waals surface area contributed by atoms with Crippen LogP contribution in [0.25, 0.3) is 0 Å². The van der Waals surface area contributed by atoms with Crippen LogP contribution in [0.4, 0.5) is 0 Å². The first-order valence-electron chi connectivity index (χ1n) is 11.0. The van der Waals surface area contributed by atoms with Crippen molar-refractivity contribution in [1.29, 1.82) is 0 Å². The molecule has 2 fully saturated rings. The molecule has 1 saturated heterocycles. The third kappa shape index (κ3) is 6.65. The van der Waals surface area contributed by atoms with E-state index in [-0.39, 0.29) is 44.1 Å². The van der Waals surface area contributed by atoms with Gasteiger partial charge < -0.3 is 14.6 Å². The molecule has 1 aromatic rings. The lowest BCUT2D eigenvalue weighted by Gasteiger charge is -2.53. The van der Waals surface area contributed by atoms with Crippen molar-refractivity contribution in [1.82, 2.24) is 0 Å². The number of rotatable bonds is 10. The standard InChI is InChI=1S/C24H32O7.2CH4/c1-4-16(3)17-10-12-24(13-11-17)18(14-28-24)15-29-31-23(30-21(25)5-2)20-9-7-6-8-19(20)22(26)27;;/h5-9,16-18,23H,2,4,10-15H2,1,3H3,(H,26,27);2*1H4. The first kappa shape index (κ1) is 28.8. The van der Waals surface area contributed by atoms with Gasteiger partial charge in [0.25, 0.3) is 6.29 Å². The molecule has 1 spiro atoms. The fourth-order valence-corrected chi connectivity index (χ4v) is 4.59. The van der Waals surface area contributed by atoms with Gasteiger partial charge in [-0.05, 0) is 43.6 Å². The SMILES string of the molecule is C.C.C=CC(=O)OC(OOCC1COC12CCC(C(C)CC)CC2)c1ccccc1C(=O)O. The van der Waals surface area contributed by atoms with Gasteiger partial charge in [0.2, 0.25) is 0 Å².